The van der Waals surface area contributed by atoms with Crippen molar-refractivity contribution in [1.82, 2.24) is 0 Å². The third kappa shape index (κ3) is 3.35. The number of aryl methyl sites for hydroxylation is 1. The lowest BCUT2D eigenvalue weighted by molar-refractivity contribution is -0.118. The maximum Gasteiger partial charge on any atom is 0.244 e. The lowest BCUT2D eigenvalue weighted by Gasteiger charge is -2.17. The SMILES string of the molecule is CCc1ccc(C(Nc2ccc(F)cc2)C(N)=O)cc1. The van der Waals surface area contributed by atoms with E-state index in [0.717, 1.165) is 12.0 Å². The van der Waals surface area contributed by atoms with Gasteiger partial charge < -0.3 is 11.1 Å². The molecule has 0 saturated carbocycles. The number of halogens is 1. The van der Waals surface area contributed by atoms with Gasteiger partial charge in [-0.1, -0.05) is 31.2 Å². The van der Waals surface area contributed by atoms with E-state index in [-0.39, 0.29) is 5.82 Å². The Bertz CT molecular complexity index is 578. The maximum atomic E-state index is 12.9. The standard InChI is InChI=1S/C16H17FN2O/c1-2-11-3-5-12(6-4-11)15(16(18)20)19-14-9-7-13(17)8-10-14/h3-10,15,19H,2H2,1H3,(H2,18,20). The maximum absolute atomic E-state index is 12.9. The Morgan fingerprint density at radius 1 is 1.15 bits per heavy atom. The molecule has 0 aliphatic rings. The van der Waals surface area contributed by atoms with Crippen molar-refractivity contribution in [3.05, 3.63) is 65.5 Å². The van der Waals surface area contributed by atoms with Gasteiger partial charge in [-0.25, -0.2) is 4.39 Å². The van der Waals surface area contributed by atoms with Crippen LogP contribution in [0.15, 0.2) is 48.5 Å². The van der Waals surface area contributed by atoms with Crippen LogP contribution in [-0.4, -0.2) is 5.91 Å². The molecule has 0 heterocycles. The molecule has 3 nitrogen and oxygen atoms in total. The number of anilines is 1. The minimum absolute atomic E-state index is 0.321. The van der Waals surface area contributed by atoms with Crippen LogP contribution in [0.5, 0.6) is 0 Å². The molecule has 20 heavy (non-hydrogen) atoms. The van der Waals surface area contributed by atoms with E-state index in [1.54, 1.807) is 12.1 Å². The first kappa shape index (κ1) is 14.1. The van der Waals surface area contributed by atoms with E-state index < -0.39 is 11.9 Å². The van der Waals surface area contributed by atoms with Crippen LogP contribution in [0.1, 0.15) is 24.1 Å². The van der Waals surface area contributed by atoms with Gasteiger partial charge in [-0.15, -0.1) is 0 Å². The predicted molar refractivity (Wildman–Crippen MR) is 77.8 cm³/mol. The van der Waals surface area contributed by atoms with Crippen molar-refractivity contribution in [3.8, 4) is 0 Å². The molecule has 1 atom stereocenters. The number of amides is 1. The number of hydrogen-bond donors (Lipinski definition) is 2. The summed E-state index contributed by atoms with van der Waals surface area (Å²) in [6, 6.07) is 12.9. The number of rotatable bonds is 5. The second kappa shape index (κ2) is 6.19. The van der Waals surface area contributed by atoms with Gasteiger partial charge in [0.25, 0.3) is 0 Å². The van der Waals surface area contributed by atoms with Crippen LogP contribution in [0.25, 0.3) is 0 Å². The van der Waals surface area contributed by atoms with Gasteiger partial charge in [-0.2, -0.15) is 0 Å². The van der Waals surface area contributed by atoms with E-state index in [1.807, 2.05) is 24.3 Å². The molecular formula is C16H17FN2O. The fraction of sp³-hybridized carbons (Fsp3) is 0.188. The van der Waals surface area contributed by atoms with Crippen LogP contribution in [0, 0.1) is 5.82 Å². The fourth-order valence-corrected chi connectivity index (χ4v) is 1.98. The Labute approximate surface area is 117 Å². The highest BCUT2D eigenvalue weighted by Gasteiger charge is 2.17. The summed E-state index contributed by atoms with van der Waals surface area (Å²) in [6.45, 7) is 2.07. The third-order valence-electron chi connectivity index (χ3n) is 3.16. The Kier molecular flexibility index (Phi) is 4.35. The van der Waals surface area contributed by atoms with Gasteiger partial charge in [-0.05, 0) is 41.8 Å². The van der Waals surface area contributed by atoms with Crippen molar-refractivity contribution < 1.29 is 9.18 Å². The summed E-state index contributed by atoms with van der Waals surface area (Å²) in [4.78, 5) is 11.6. The minimum atomic E-state index is -0.633. The molecule has 0 bridgehead atoms. The average molecular weight is 272 g/mol. The lowest BCUT2D eigenvalue weighted by atomic mass is 10.0. The molecule has 0 aromatic heterocycles. The summed E-state index contributed by atoms with van der Waals surface area (Å²) < 4.78 is 12.9. The van der Waals surface area contributed by atoms with Crippen LogP contribution in [0.2, 0.25) is 0 Å². The summed E-state index contributed by atoms with van der Waals surface area (Å²) in [5.74, 6) is -0.794. The molecule has 0 radical (unpaired) electrons. The fourth-order valence-electron chi connectivity index (χ4n) is 1.98. The van der Waals surface area contributed by atoms with E-state index in [4.69, 9.17) is 5.73 Å². The van der Waals surface area contributed by atoms with Gasteiger partial charge in [0, 0.05) is 5.69 Å². The first-order valence-corrected chi connectivity index (χ1v) is 6.50. The zero-order valence-corrected chi connectivity index (χ0v) is 11.3. The van der Waals surface area contributed by atoms with Gasteiger partial charge in [0.05, 0.1) is 0 Å². The average Bonchev–Trinajstić information content (AvgIpc) is 2.46. The molecule has 4 heteroatoms. The normalized spacial score (nSPS) is 11.9. The molecular weight excluding hydrogens is 255 g/mol. The largest absolute Gasteiger partial charge is 0.370 e. The number of hydrogen-bond acceptors (Lipinski definition) is 2. The summed E-state index contributed by atoms with van der Waals surface area (Å²) in [5.41, 5.74) is 8.07. The topological polar surface area (TPSA) is 55.1 Å². The Morgan fingerprint density at radius 3 is 2.25 bits per heavy atom. The van der Waals surface area contributed by atoms with Gasteiger partial charge in [0.15, 0.2) is 0 Å². The van der Waals surface area contributed by atoms with Crippen LogP contribution >= 0.6 is 0 Å². The van der Waals surface area contributed by atoms with Gasteiger partial charge in [0.1, 0.15) is 11.9 Å². The van der Waals surface area contributed by atoms with Crippen molar-refractivity contribution in [3.63, 3.8) is 0 Å². The zero-order valence-electron chi connectivity index (χ0n) is 11.3. The quantitative estimate of drug-likeness (QED) is 0.879. The zero-order chi connectivity index (χ0) is 14.5. The van der Waals surface area contributed by atoms with Crippen molar-refractivity contribution >= 4 is 11.6 Å². The van der Waals surface area contributed by atoms with Gasteiger partial charge in [-0.3, -0.25) is 4.79 Å². The highest BCUT2D eigenvalue weighted by Crippen LogP contribution is 2.20. The molecule has 2 aromatic carbocycles. The lowest BCUT2D eigenvalue weighted by Crippen LogP contribution is -2.27. The van der Waals surface area contributed by atoms with Crippen LogP contribution in [0.4, 0.5) is 10.1 Å². The van der Waals surface area contributed by atoms with E-state index in [1.165, 1.54) is 17.7 Å². The number of nitrogens with two attached hydrogens (primary N) is 1. The first-order chi connectivity index (χ1) is 9.60. The Morgan fingerprint density at radius 2 is 1.75 bits per heavy atom. The molecule has 1 amide bonds. The van der Waals surface area contributed by atoms with E-state index in [9.17, 15) is 9.18 Å². The molecule has 0 aliphatic heterocycles. The van der Waals surface area contributed by atoms with Crippen molar-refractivity contribution in [1.29, 1.82) is 0 Å². The predicted octanol–water partition coefficient (Wildman–Crippen LogP) is 3.03. The van der Waals surface area contributed by atoms with E-state index in [2.05, 4.69) is 12.2 Å². The van der Waals surface area contributed by atoms with Crippen LogP contribution < -0.4 is 11.1 Å². The molecule has 2 aromatic rings. The molecule has 0 spiro atoms. The van der Waals surface area contributed by atoms with Gasteiger partial charge in [0.2, 0.25) is 5.91 Å². The number of nitrogens with one attached hydrogen (secondary N) is 1. The van der Waals surface area contributed by atoms with E-state index >= 15 is 0 Å². The van der Waals surface area contributed by atoms with Crippen molar-refractivity contribution in [2.45, 2.75) is 19.4 Å². The van der Waals surface area contributed by atoms with Gasteiger partial charge >= 0.3 is 0 Å². The minimum Gasteiger partial charge on any atom is -0.370 e. The number of carbonyl (C=O) groups excluding carboxylic acids is 1. The number of benzene rings is 2. The summed E-state index contributed by atoms with van der Waals surface area (Å²) in [7, 11) is 0. The van der Waals surface area contributed by atoms with Crippen molar-refractivity contribution in [2.75, 3.05) is 5.32 Å². The first-order valence-electron chi connectivity index (χ1n) is 6.50. The summed E-state index contributed by atoms with van der Waals surface area (Å²) >= 11 is 0. The highest BCUT2D eigenvalue weighted by molar-refractivity contribution is 5.84. The molecule has 1 unspecified atom stereocenters. The number of carbonyl (C=O) groups is 1. The highest BCUT2D eigenvalue weighted by atomic mass is 19.1. The molecule has 2 rings (SSSR count). The smallest absolute Gasteiger partial charge is 0.244 e. The Hall–Kier alpha value is -2.36. The third-order valence-corrected chi connectivity index (χ3v) is 3.16. The van der Waals surface area contributed by atoms with E-state index in [0.29, 0.717) is 5.69 Å². The summed E-state index contributed by atoms with van der Waals surface area (Å²) in [5, 5.41) is 3.02. The number of primary amides is 1. The molecule has 0 aliphatic carbocycles. The summed E-state index contributed by atoms with van der Waals surface area (Å²) in [6.07, 6.45) is 0.937. The van der Waals surface area contributed by atoms with Crippen molar-refractivity contribution in [2.24, 2.45) is 5.73 Å². The molecule has 0 fully saturated rings. The molecule has 104 valence electrons. The Balaban J connectivity index is 2.22. The second-order valence-electron chi connectivity index (χ2n) is 4.58. The second-order valence-corrected chi connectivity index (χ2v) is 4.58. The molecule has 3 N–H and O–H groups in total. The van der Waals surface area contributed by atoms with Crippen LogP contribution in [0.3, 0.4) is 0 Å². The molecule has 0 saturated heterocycles. The van der Waals surface area contributed by atoms with Crippen LogP contribution in [-0.2, 0) is 11.2 Å². The monoisotopic (exact) mass is 272 g/mol.